The van der Waals surface area contributed by atoms with Crippen LogP contribution in [0.15, 0.2) is 0 Å². The first-order chi connectivity index (χ1) is 14.3. The molecule has 162 valence electrons. The standard InChI is InChI=1S/C17H16I3N3O7/c1-2-3-21-16(27)10-12(18)11(14(20)15(13(10)19)22-6-24)17(28)23-9(4-29-7-25)5-30-8-26/h2,6-9H,1,3-5H2,(H,21,27)(H,22,24)(H,23,28). The topological polar surface area (TPSA) is 140 Å². The van der Waals surface area contributed by atoms with E-state index in [9.17, 15) is 24.0 Å². The average Bonchev–Trinajstić information content (AvgIpc) is 2.71. The predicted octanol–water partition coefficient (Wildman–Crippen LogP) is 1.28. The molecule has 3 amide bonds. The Bertz CT molecular complexity index is 809. The molecule has 30 heavy (non-hydrogen) atoms. The van der Waals surface area contributed by atoms with Crippen molar-refractivity contribution in [3.8, 4) is 0 Å². The minimum Gasteiger partial charge on any atom is -0.466 e. The molecule has 0 aliphatic rings. The highest BCUT2D eigenvalue weighted by molar-refractivity contribution is 14.1. The van der Waals surface area contributed by atoms with Gasteiger partial charge in [0.15, 0.2) is 0 Å². The number of benzene rings is 1. The Morgan fingerprint density at radius 3 is 1.93 bits per heavy atom. The van der Waals surface area contributed by atoms with Crippen LogP contribution in [-0.4, -0.2) is 57.0 Å². The van der Waals surface area contributed by atoms with E-state index in [1.54, 1.807) is 0 Å². The third-order valence-corrected chi connectivity index (χ3v) is 6.68. The molecule has 0 bridgehead atoms. The van der Waals surface area contributed by atoms with Gasteiger partial charge in [0.2, 0.25) is 6.41 Å². The molecule has 2 radical (unpaired) electrons. The van der Waals surface area contributed by atoms with Crippen molar-refractivity contribution < 1.29 is 33.4 Å². The summed E-state index contributed by atoms with van der Waals surface area (Å²) in [4.78, 5) is 57.7. The fourth-order valence-electron chi connectivity index (χ4n) is 2.20. The molecule has 0 saturated carbocycles. The van der Waals surface area contributed by atoms with Crippen LogP contribution in [0.3, 0.4) is 0 Å². The van der Waals surface area contributed by atoms with Crippen molar-refractivity contribution in [1.29, 1.82) is 0 Å². The van der Waals surface area contributed by atoms with E-state index < -0.39 is 17.9 Å². The normalized spacial score (nSPS) is 10.2. The first-order valence-electron chi connectivity index (χ1n) is 8.04. The molecule has 0 aliphatic carbocycles. The van der Waals surface area contributed by atoms with Gasteiger partial charge in [-0.15, -0.1) is 0 Å². The van der Waals surface area contributed by atoms with Crippen molar-refractivity contribution in [3.63, 3.8) is 0 Å². The van der Waals surface area contributed by atoms with Crippen LogP contribution in [0.2, 0.25) is 0 Å². The van der Waals surface area contributed by atoms with Crippen LogP contribution in [0, 0.1) is 24.1 Å². The van der Waals surface area contributed by atoms with Crippen molar-refractivity contribution in [1.82, 2.24) is 10.6 Å². The summed E-state index contributed by atoms with van der Waals surface area (Å²) in [6.07, 6.45) is 1.95. The molecule has 0 unspecified atom stereocenters. The molecule has 0 heterocycles. The molecule has 0 fully saturated rings. The Balaban J connectivity index is 3.43. The van der Waals surface area contributed by atoms with Crippen LogP contribution in [0.25, 0.3) is 0 Å². The van der Waals surface area contributed by atoms with E-state index in [1.165, 1.54) is 6.42 Å². The average molecular weight is 755 g/mol. The summed E-state index contributed by atoms with van der Waals surface area (Å²) < 4.78 is 10.5. The Kier molecular flexibility index (Phi) is 12.5. The first-order valence-corrected chi connectivity index (χ1v) is 11.3. The second-order valence-corrected chi connectivity index (χ2v) is 8.59. The lowest BCUT2D eigenvalue weighted by Crippen LogP contribution is -2.42. The quantitative estimate of drug-likeness (QED) is 0.204. The Labute approximate surface area is 213 Å². The van der Waals surface area contributed by atoms with E-state index in [1.807, 2.05) is 67.8 Å². The second kappa shape index (κ2) is 13.9. The summed E-state index contributed by atoms with van der Waals surface area (Å²) in [5.41, 5.74) is 0.634. The van der Waals surface area contributed by atoms with Gasteiger partial charge in [-0.1, -0.05) is 0 Å². The SMILES string of the molecule is [CH2][CH]CNC(=O)c1c(I)c(NC=O)c(I)c(C(=O)NC(COC=O)COC=O)c1I. The van der Waals surface area contributed by atoms with Crippen LogP contribution >= 0.6 is 67.8 Å². The molecule has 0 aromatic heterocycles. The Hall–Kier alpha value is -1.24. The summed E-state index contributed by atoms with van der Waals surface area (Å²) in [7, 11) is 0. The second-order valence-electron chi connectivity index (χ2n) is 5.36. The summed E-state index contributed by atoms with van der Waals surface area (Å²) in [5.74, 6) is -1.06. The third kappa shape index (κ3) is 7.17. The maximum Gasteiger partial charge on any atom is 0.293 e. The fourth-order valence-corrected chi connectivity index (χ4v) is 6.66. The van der Waals surface area contributed by atoms with Crippen LogP contribution in [-0.2, 0) is 23.9 Å². The highest BCUT2D eigenvalue weighted by Gasteiger charge is 2.28. The number of ether oxygens (including phenoxy) is 2. The number of amides is 3. The van der Waals surface area contributed by atoms with Crippen LogP contribution in [0.5, 0.6) is 0 Å². The van der Waals surface area contributed by atoms with E-state index in [2.05, 4.69) is 32.3 Å². The highest BCUT2D eigenvalue weighted by atomic mass is 127. The minimum absolute atomic E-state index is 0.131. The van der Waals surface area contributed by atoms with Crippen LogP contribution < -0.4 is 16.0 Å². The van der Waals surface area contributed by atoms with E-state index in [4.69, 9.17) is 0 Å². The van der Waals surface area contributed by atoms with Gasteiger partial charge in [0, 0.05) is 10.1 Å². The van der Waals surface area contributed by atoms with E-state index in [0.717, 1.165) is 0 Å². The number of carbonyl (C=O) groups is 5. The van der Waals surface area contributed by atoms with Gasteiger partial charge in [-0.05, 0) is 81.1 Å². The summed E-state index contributed by atoms with van der Waals surface area (Å²) in [6, 6.07) is -0.820. The van der Waals surface area contributed by atoms with Gasteiger partial charge < -0.3 is 25.4 Å². The molecule has 0 aliphatic heterocycles. The van der Waals surface area contributed by atoms with Gasteiger partial charge in [-0.3, -0.25) is 24.0 Å². The zero-order valence-electron chi connectivity index (χ0n) is 15.2. The van der Waals surface area contributed by atoms with E-state index in [-0.39, 0.29) is 43.8 Å². The molecule has 0 atom stereocenters. The molecule has 3 N–H and O–H groups in total. The zero-order chi connectivity index (χ0) is 22.7. The van der Waals surface area contributed by atoms with Gasteiger partial charge in [-0.25, -0.2) is 0 Å². The number of nitrogens with one attached hydrogen (secondary N) is 3. The van der Waals surface area contributed by atoms with E-state index >= 15 is 0 Å². The van der Waals surface area contributed by atoms with Gasteiger partial charge in [0.05, 0.1) is 30.0 Å². The predicted molar refractivity (Wildman–Crippen MR) is 132 cm³/mol. The lowest BCUT2D eigenvalue weighted by Gasteiger charge is -2.21. The maximum absolute atomic E-state index is 13.0. The fraction of sp³-hybridized carbons (Fsp3) is 0.235. The van der Waals surface area contributed by atoms with Crippen LogP contribution in [0.1, 0.15) is 20.7 Å². The first kappa shape index (κ1) is 26.8. The Morgan fingerprint density at radius 2 is 1.47 bits per heavy atom. The van der Waals surface area contributed by atoms with Crippen molar-refractivity contribution in [3.05, 3.63) is 35.2 Å². The molecule has 0 spiro atoms. The largest absolute Gasteiger partial charge is 0.466 e. The highest BCUT2D eigenvalue weighted by Crippen LogP contribution is 2.35. The maximum atomic E-state index is 13.0. The molecule has 0 saturated heterocycles. The summed E-state index contributed by atoms with van der Waals surface area (Å²) in [6.45, 7) is 3.70. The number of hydrogen-bond acceptors (Lipinski definition) is 7. The number of carbonyl (C=O) groups excluding carboxylic acids is 5. The van der Waals surface area contributed by atoms with Crippen molar-refractivity contribution in [2.75, 3.05) is 25.1 Å². The smallest absolute Gasteiger partial charge is 0.293 e. The molecule has 10 nitrogen and oxygen atoms in total. The molecule has 13 heteroatoms. The number of rotatable bonds is 13. The molecular formula is C17H16I3N3O7. The molecule has 1 aromatic rings. The zero-order valence-corrected chi connectivity index (χ0v) is 21.7. The van der Waals surface area contributed by atoms with Crippen molar-refractivity contribution >= 4 is 105 Å². The van der Waals surface area contributed by atoms with Gasteiger partial charge in [-0.2, -0.15) is 0 Å². The van der Waals surface area contributed by atoms with Crippen molar-refractivity contribution in [2.24, 2.45) is 0 Å². The lowest BCUT2D eigenvalue weighted by atomic mass is 10.1. The molecule has 1 aromatic carbocycles. The summed E-state index contributed by atoms with van der Waals surface area (Å²) >= 11 is 5.68. The third-order valence-electron chi connectivity index (χ3n) is 3.45. The van der Waals surface area contributed by atoms with Gasteiger partial charge in [0.25, 0.3) is 24.8 Å². The number of anilines is 1. The lowest BCUT2D eigenvalue weighted by molar-refractivity contribution is -0.132. The van der Waals surface area contributed by atoms with Gasteiger partial charge >= 0.3 is 0 Å². The van der Waals surface area contributed by atoms with E-state index in [0.29, 0.717) is 22.8 Å². The Morgan fingerprint density at radius 1 is 0.933 bits per heavy atom. The summed E-state index contributed by atoms with van der Waals surface area (Å²) in [5, 5.41) is 7.77. The molecular weight excluding hydrogens is 739 g/mol. The minimum atomic E-state index is -0.820. The molecule has 1 rings (SSSR count). The monoisotopic (exact) mass is 755 g/mol. The van der Waals surface area contributed by atoms with Crippen molar-refractivity contribution in [2.45, 2.75) is 6.04 Å². The van der Waals surface area contributed by atoms with Gasteiger partial charge in [0.1, 0.15) is 13.2 Å². The number of halogens is 3. The van der Waals surface area contributed by atoms with Crippen LogP contribution in [0.4, 0.5) is 5.69 Å². The number of hydrogen-bond donors (Lipinski definition) is 3.